The Kier molecular flexibility index (Phi) is 11.4. The van der Waals surface area contributed by atoms with Crippen LogP contribution in [0.5, 0.6) is 11.5 Å². The van der Waals surface area contributed by atoms with Crippen molar-refractivity contribution in [2.45, 2.75) is 31.5 Å². The first-order chi connectivity index (χ1) is 12.7. The van der Waals surface area contributed by atoms with Gasteiger partial charge in [0.1, 0.15) is 11.5 Å². The number of hydrogen-bond acceptors (Lipinski definition) is 6. The minimum absolute atomic E-state index is 0. The molecule has 9 heteroatoms. The summed E-state index contributed by atoms with van der Waals surface area (Å²) in [6.07, 6.45) is 1.58. The number of hydrogen-bond donors (Lipinski definition) is 2. The topological polar surface area (TPSA) is 62.8 Å². The molecular formula is C19H31Cl2N3O3S. The zero-order chi connectivity index (χ0) is 18.4. The molecule has 2 aliphatic rings. The third kappa shape index (κ3) is 7.52. The van der Waals surface area contributed by atoms with E-state index in [1.165, 1.54) is 0 Å². The van der Waals surface area contributed by atoms with Gasteiger partial charge in [0, 0.05) is 62.3 Å². The van der Waals surface area contributed by atoms with Crippen LogP contribution in [0.4, 0.5) is 0 Å². The molecule has 2 heterocycles. The molecule has 0 aromatic heterocycles. The number of benzene rings is 1. The highest BCUT2D eigenvalue weighted by Crippen LogP contribution is 2.24. The van der Waals surface area contributed by atoms with Crippen LogP contribution in [0.25, 0.3) is 0 Å². The number of halogens is 2. The summed E-state index contributed by atoms with van der Waals surface area (Å²) in [4.78, 5) is 14.7. The van der Waals surface area contributed by atoms with Crippen molar-refractivity contribution in [2.75, 3.05) is 45.4 Å². The van der Waals surface area contributed by atoms with Gasteiger partial charge in [-0.15, -0.1) is 24.8 Å². The fourth-order valence-corrected chi connectivity index (χ4v) is 4.52. The van der Waals surface area contributed by atoms with Crippen LogP contribution in [0.15, 0.2) is 18.2 Å². The second kappa shape index (κ2) is 12.6. The summed E-state index contributed by atoms with van der Waals surface area (Å²) >= 11 is 1.92. The predicted molar refractivity (Wildman–Crippen MR) is 120 cm³/mol. The van der Waals surface area contributed by atoms with Gasteiger partial charge in [0.15, 0.2) is 0 Å². The number of rotatable bonds is 7. The fourth-order valence-electron chi connectivity index (χ4n) is 3.57. The summed E-state index contributed by atoms with van der Waals surface area (Å²) < 4.78 is 10.7. The van der Waals surface area contributed by atoms with Gasteiger partial charge in [-0.05, 0) is 24.1 Å². The maximum atomic E-state index is 12.3. The molecule has 0 saturated carbocycles. The van der Waals surface area contributed by atoms with E-state index in [1.807, 2.05) is 30.0 Å². The number of nitrogens with zero attached hydrogens (tertiary/aromatic N) is 1. The number of likely N-dealkylation sites (tertiary alicyclic amines) is 1. The third-order valence-electron chi connectivity index (χ3n) is 4.89. The zero-order valence-corrected chi connectivity index (χ0v) is 18.9. The van der Waals surface area contributed by atoms with Gasteiger partial charge in [-0.1, -0.05) is 0 Å². The molecule has 160 valence electrons. The average Bonchev–Trinajstić information content (AvgIpc) is 3.08. The molecule has 2 unspecified atom stereocenters. The van der Waals surface area contributed by atoms with Gasteiger partial charge in [0.25, 0.3) is 0 Å². The Morgan fingerprint density at radius 3 is 2.57 bits per heavy atom. The van der Waals surface area contributed by atoms with Crippen molar-refractivity contribution >= 4 is 42.5 Å². The molecule has 28 heavy (non-hydrogen) atoms. The highest BCUT2D eigenvalue weighted by molar-refractivity contribution is 7.99. The number of methoxy groups -OCH3 is 2. The predicted octanol–water partition coefficient (Wildman–Crippen LogP) is 2.33. The number of carbonyl (C=O) groups excluding carboxylic acids is 1. The van der Waals surface area contributed by atoms with Gasteiger partial charge in [-0.2, -0.15) is 11.8 Å². The minimum Gasteiger partial charge on any atom is -0.497 e. The molecule has 0 bridgehead atoms. The molecule has 2 atom stereocenters. The summed E-state index contributed by atoms with van der Waals surface area (Å²) in [6.45, 7) is 3.71. The molecule has 3 rings (SSSR count). The van der Waals surface area contributed by atoms with Gasteiger partial charge < -0.3 is 20.1 Å². The first-order valence-corrected chi connectivity index (χ1v) is 10.4. The SMILES string of the molecule is COc1cc(CN2CCC(NC(=O)CC3CSCCN3)C2)cc(OC)c1.Cl.Cl. The van der Waals surface area contributed by atoms with Gasteiger partial charge >= 0.3 is 0 Å². The molecule has 1 aromatic carbocycles. The second-order valence-corrected chi connectivity index (χ2v) is 8.09. The van der Waals surface area contributed by atoms with Crippen molar-refractivity contribution < 1.29 is 14.3 Å². The highest BCUT2D eigenvalue weighted by atomic mass is 35.5. The number of amides is 1. The van der Waals surface area contributed by atoms with Crippen LogP contribution in [0.1, 0.15) is 18.4 Å². The van der Waals surface area contributed by atoms with Crippen LogP contribution in [-0.4, -0.2) is 68.3 Å². The summed E-state index contributed by atoms with van der Waals surface area (Å²) in [5.41, 5.74) is 1.16. The van der Waals surface area contributed by atoms with E-state index in [1.54, 1.807) is 14.2 Å². The van der Waals surface area contributed by atoms with Crippen molar-refractivity contribution in [3.63, 3.8) is 0 Å². The lowest BCUT2D eigenvalue weighted by molar-refractivity contribution is -0.122. The summed E-state index contributed by atoms with van der Waals surface area (Å²) in [5.74, 6) is 3.95. The normalized spacial score (nSPS) is 21.9. The number of ether oxygens (including phenoxy) is 2. The largest absolute Gasteiger partial charge is 0.497 e. The second-order valence-electron chi connectivity index (χ2n) is 6.94. The Morgan fingerprint density at radius 1 is 1.25 bits per heavy atom. The Morgan fingerprint density at radius 2 is 1.96 bits per heavy atom. The van der Waals surface area contributed by atoms with Crippen LogP contribution >= 0.6 is 36.6 Å². The molecule has 0 aliphatic carbocycles. The monoisotopic (exact) mass is 451 g/mol. The van der Waals surface area contributed by atoms with Crippen LogP contribution in [0.2, 0.25) is 0 Å². The van der Waals surface area contributed by atoms with Crippen molar-refractivity contribution in [3.05, 3.63) is 23.8 Å². The minimum atomic E-state index is 0. The Bertz CT molecular complexity index is 596. The maximum Gasteiger partial charge on any atom is 0.221 e. The summed E-state index contributed by atoms with van der Waals surface area (Å²) in [6, 6.07) is 6.53. The van der Waals surface area contributed by atoms with E-state index >= 15 is 0 Å². The molecule has 0 spiro atoms. The van der Waals surface area contributed by atoms with Crippen molar-refractivity contribution in [2.24, 2.45) is 0 Å². The molecule has 2 saturated heterocycles. The smallest absolute Gasteiger partial charge is 0.221 e. The van der Waals surface area contributed by atoms with Gasteiger partial charge in [-0.3, -0.25) is 9.69 Å². The third-order valence-corrected chi connectivity index (χ3v) is 6.02. The fraction of sp³-hybridized carbons (Fsp3) is 0.632. The first-order valence-electron chi connectivity index (χ1n) is 9.21. The molecule has 2 fully saturated rings. The molecule has 0 radical (unpaired) electrons. The molecule has 6 nitrogen and oxygen atoms in total. The quantitative estimate of drug-likeness (QED) is 0.663. The molecule has 2 N–H and O–H groups in total. The van der Waals surface area contributed by atoms with Crippen LogP contribution in [-0.2, 0) is 11.3 Å². The lowest BCUT2D eigenvalue weighted by Crippen LogP contribution is -2.44. The van der Waals surface area contributed by atoms with Gasteiger partial charge in [0.2, 0.25) is 5.91 Å². The Labute approximate surface area is 184 Å². The van der Waals surface area contributed by atoms with Crippen molar-refractivity contribution in [1.82, 2.24) is 15.5 Å². The van der Waals surface area contributed by atoms with E-state index in [0.717, 1.165) is 61.2 Å². The molecular weight excluding hydrogens is 421 g/mol. The lowest BCUT2D eigenvalue weighted by Gasteiger charge is -2.23. The van der Waals surface area contributed by atoms with E-state index < -0.39 is 0 Å². The van der Waals surface area contributed by atoms with Crippen LogP contribution < -0.4 is 20.1 Å². The standard InChI is InChI=1S/C19H29N3O3S.2ClH/c1-24-17-7-14(8-18(10-17)25-2)11-22-5-3-15(12-22)21-19(23)9-16-13-26-6-4-20-16;;/h7-8,10,15-16,20H,3-6,9,11-13H2,1-2H3,(H,21,23);2*1H. The van der Waals surface area contributed by atoms with E-state index in [4.69, 9.17) is 9.47 Å². The highest BCUT2D eigenvalue weighted by Gasteiger charge is 2.25. The van der Waals surface area contributed by atoms with Gasteiger partial charge in [0.05, 0.1) is 14.2 Å². The average molecular weight is 452 g/mol. The molecule has 1 amide bonds. The first kappa shape index (κ1) is 25.2. The summed E-state index contributed by atoms with van der Waals surface area (Å²) in [5, 5.41) is 6.63. The van der Waals surface area contributed by atoms with E-state index in [0.29, 0.717) is 12.5 Å². The Balaban J connectivity index is 0.00000196. The summed E-state index contributed by atoms with van der Waals surface area (Å²) in [7, 11) is 3.33. The molecule has 1 aromatic rings. The van der Waals surface area contributed by atoms with Crippen molar-refractivity contribution in [1.29, 1.82) is 0 Å². The molecule has 2 aliphatic heterocycles. The Hall–Kier alpha value is -0.860. The van der Waals surface area contributed by atoms with E-state index in [9.17, 15) is 4.79 Å². The van der Waals surface area contributed by atoms with Crippen molar-refractivity contribution in [3.8, 4) is 11.5 Å². The lowest BCUT2D eigenvalue weighted by atomic mass is 10.2. The van der Waals surface area contributed by atoms with Gasteiger partial charge in [-0.25, -0.2) is 0 Å². The number of nitrogens with one attached hydrogen (secondary N) is 2. The van der Waals surface area contributed by atoms with Crippen LogP contribution in [0.3, 0.4) is 0 Å². The van der Waals surface area contributed by atoms with E-state index in [-0.39, 0.29) is 36.8 Å². The van der Waals surface area contributed by atoms with E-state index in [2.05, 4.69) is 15.5 Å². The van der Waals surface area contributed by atoms with Crippen LogP contribution in [0, 0.1) is 0 Å². The maximum absolute atomic E-state index is 12.3. The number of carbonyl (C=O) groups is 1. The number of thioether (sulfide) groups is 1. The zero-order valence-electron chi connectivity index (χ0n) is 16.4.